The normalized spacial score (nSPS) is 20.5. The van der Waals surface area contributed by atoms with Crippen molar-refractivity contribution in [1.29, 1.82) is 0 Å². The lowest BCUT2D eigenvalue weighted by atomic mass is 10.2. The fraction of sp³-hybridized carbons (Fsp3) is 0.381. The quantitative estimate of drug-likeness (QED) is 0.797. The van der Waals surface area contributed by atoms with Crippen molar-refractivity contribution < 1.29 is 9.53 Å². The minimum atomic E-state index is 0.115. The second kappa shape index (κ2) is 7.68. The molecule has 1 amide bonds. The zero-order chi connectivity index (χ0) is 17.9. The molecule has 2 aromatic carbocycles. The molecular formula is C21H23ClN2O2. The van der Waals surface area contributed by atoms with Crippen LogP contribution in [0.2, 0.25) is 5.02 Å². The van der Waals surface area contributed by atoms with Crippen molar-refractivity contribution in [2.24, 2.45) is 0 Å². The van der Waals surface area contributed by atoms with Crippen molar-refractivity contribution in [3.05, 3.63) is 59.1 Å². The van der Waals surface area contributed by atoms with Crippen LogP contribution in [0.1, 0.15) is 29.6 Å². The summed E-state index contributed by atoms with van der Waals surface area (Å²) >= 11 is 5.88. The third-order valence-electron chi connectivity index (χ3n) is 5.26. The Kier molecular flexibility index (Phi) is 5.14. The van der Waals surface area contributed by atoms with Crippen LogP contribution in [0.4, 0.5) is 0 Å². The lowest BCUT2D eigenvalue weighted by Gasteiger charge is -2.23. The molecule has 136 valence electrons. The maximum Gasteiger partial charge on any atom is 0.253 e. The lowest BCUT2D eigenvalue weighted by molar-refractivity contribution is 0.0780. The summed E-state index contributed by atoms with van der Waals surface area (Å²) in [7, 11) is 0. The molecule has 1 unspecified atom stereocenters. The number of likely N-dealkylation sites (tertiary alicyclic amines) is 2. The van der Waals surface area contributed by atoms with Gasteiger partial charge in [0.2, 0.25) is 0 Å². The highest BCUT2D eigenvalue weighted by molar-refractivity contribution is 6.30. The maximum atomic E-state index is 12.8. The number of halogens is 1. The summed E-state index contributed by atoms with van der Waals surface area (Å²) < 4.78 is 5.79. The van der Waals surface area contributed by atoms with Gasteiger partial charge in [-0.25, -0.2) is 0 Å². The first-order chi connectivity index (χ1) is 12.7. The van der Waals surface area contributed by atoms with E-state index in [-0.39, 0.29) is 5.91 Å². The van der Waals surface area contributed by atoms with Crippen LogP contribution >= 0.6 is 11.6 Å². The Bertz CT molecular complexity index is 755. The van der Waals surface area contributed by atoms with Crippen LogP contribution in [0.25, 0.3) is 0 Å². The molecule has 2 saturated heterocycles. The lowest BCUT2D eigenvalue weighted by Crippen LogP contribution is -2.37. The molecule has 0 bridgehead atoms. The fourth-order valence-electron chi connectivity index (χ4n) is 3.82. The molecule has 0 saturated carbocycles. The molecule has 4 nitrogen and oxygen atoms in total. The van der Waals surface area contributed by atoms with Gasteiger partial charge in [-0.2, -0.15) is 0 Å². The summed E-state index contributed by atoms with van der Waals surface area (Å²) in [6, 6.07) is 15.1. The highest BCUT2D eigenvalue weighted by Gasteiger charge is 2.31. The first-order valence-electron chi connectivity index (χ1n) is 9.26. The van der Waals surface area contributed by atoms with Gasteiger partial charge in [0.15, 0.2) is 0 Å². The zero-order valence-electron chi connectivity index (χ0n) is 14.7. The molecule has 2 fully saturated rings. The molecule has 1 atom stereocenters. The molecule has 2 aliphatic rings. The van der Waals surface area contributed by atoms with E-state index in [4.69, 9.17) is 16.3 Å². The summed E-state index contributed by atoms with van der Waals surface area (Å²) in [4.78, 5) is 17.3. The molecule has 0 aliphatic carbocycles. The molecule has 0 N–H and O–H groups in total. The molecule has 2 aromatic rings. The van der Waals surface area contributed by atoms with Crippen molar-refractivity contribution in [3.8, 4) is 11.5 Å². The van der Waals surface area contributed by atoms with Crippen molar-refractivity contribution in [1.82, 2.24) is 9.80 Å². The van der Waals surface area contributed by atoms with Gasteiger partial charge in [-0.05, 0) is 80.9 Å². The van der Waals surface area contributed by atoms with E-state index >= 15 is 0 Å². The number of nitrogens with zero attached hydrogens (tertiary/aromatic N) is 2. The second-order valence-electron chi connectivity index (χ2n) is 7.02. The van der Waals surface area contributed by atoms with Gasteiger partial charge in [-0.3, -0.25) is 9.69 Å². The van der Waals surface area contributed by atoms with Crippen LogP contribution < -0.4 is 4.74 Å². The first-order valence-corrected chi connectivity index (χ1v) is 9.64. The van der Waals surface area contributed by atoms with E-state index in [9.17, 15) is 4.79 Å². The predicted molar refractivity (Wildman–Crippen MR) is 103 cm³/mol. The predicted octanol–water partition coefficient (Wildman–Crippen LogP) is 4.44. The molecule has 26 heavy (non-hydrogen) atoms. The number of carbonyl (C=O) groups is 1. The van der Waals surface area contributed by atoms with Crippen LogP contribution in [-0.2, 0) is 0 Å². The van der Waals surface area contributed by atoms with Gasteiger partial charge >= 0.3 is 0 Å². The molecule has 0 aromatic heterocycles. The highest BCUT2D eigenvalue weighted by Crippen LogP contribution is 2.25. The van der Waals surface area contributed by atoms with E-state index in [0.717, 1.165) is 30.8 Å². The summed E-state index contributed by atoms with van der Waals surface area (Å²) in [6.07, 6.45) is 3.67. The van der Waals surface area contributed by atoms with Crippen LogP contribution in [0.5, 0.6) is 11.5 Å². The van der Waals surface area contributed by atoms with Crippen LogP contribution in [0, 0.1) is 0 Å². The first kappa shape index (κ1) is 17.4. The molecular weight excluding hydrogens is 348 g/mol. The van der Waals surface area contributed by atoms with Gasteiger partial charge < -0.3 is 9.64 Å². The molecule has 4 rings (SSSR count). The summed E-state index contributed by atoms with van der Waals surface area (Å²) in [5.41, 5.74) is 0.718. The SMILES string of the molecule is O=C(c1ccc(Oc2ccc(Cl)cc2)cc1)N1CCC(N2CCCC2)C1. The monoisotopic (exact) mass is 370 g/mol. The number of ether oxygens (including phenoxy) is 1. The van der Waals surface area contributed by atoms with Crippen LogP contribution in [-0.4, -0.2) is 47.9 Å². The summed E-state index contributed by atoms with van der Waals surface area (Å²) in [5, 5.41) is 0.677. The van der Waals surface area contributed by atoms with Gasteiger partial charge in [0.1, 0.15) is 11.5 Å². The number of benzene rings is 2. The third kappa shape index (κ3) is 3.87. The van der Waals surface area contributed by atoms with Gasteiger partial charge in [0.25, 0.3) is 5.91 Å². The minimum Gasteiger partial charge on any atom is -0.457 e. The van der Waals surface area contributed by atoms with E-state index in [1.54, 1.807) is 12.1 Å². The highest BCUT2D eigenvalue weighted by atomic mass is 35.5. The van der Waals surface area contributed by atoms with Crippen molar-refractivity contribution in [2.45, 2.75) is 25.3 Å². The Morgan fingerprint density at radius 2 is 1.54 bits per heavy atom. The van der Waals surface area contributed by atoms with Crippen LogP contribution in [0.15, 0.2) is 48.5 Å². The Hall–Kier alpha value is -2.04. The number of rotatable bonds is 4. The number of amides is 1. The average molecular weight is 371 g/mol. The van der Waals surface area contributed by atoms with E-state index < -0.39 is 0 Å². The topological polar surface area (TPSA) is 32.8 Å². The van der Waals surface area contributed by atoms with E-state index in [2.05, 4.69) is 4.90 Å². The van der Waals surface area contributed by atoms with Crippen molar-refractivity contribution in [3.63, 3.8) is 0 Å². The van der Waals surface area contributed by atoms with Gasteiger partial charge in [-0.1, -0.05) is 11.6 Å². The standard InChI is InChI=1S/C21H23ClN2O2/c22-17-5-9-20(10-6-17)26-19-7-3-16(4-8-19)21(25)24-14-11-18(15-24)23-12-1-2-13-23/h3-10,18H,1-2,11-15H2. The van der Waals surface area contributed by atoms with Gasteiger partial charge in [0, 0.05) is 29.7 Å². The number of hydrogen-bond donors (Lipinski definition) is 0. The number of carbonyl (C=O) groups excluding carboxylic acids is 1. The minimum absolute atomic E-state index is 0.115. The Labute approximate surface area is 159 Å². The zero-order valence-corrected chi connectivity index (χ0v) is 15.5. The van der Waals surface area contributed by atoms with Gasteiger partial charge in [-0.15, -0.1) is 0 Å². The van der Waals surface area contributed by atoms with Crippen molar-refractivity contribution >= 4 is 17.5 Å². The third-order valence-corrected chi connectivity index (χ3v) is 5.51. The maximum absolute atomic E-state index is 12.8. The Morgan fingerprint density at radius 3 is 2.19 bits per heavy atom. The second-order valence-corrected chi connectivity index (χ2v) is 7.45. The molecule has 0 spiro atoms. The van der Waals surface area contributed by atoms with E-state index in [0.29, 0.717) is 16.8 Å². The summed E-state index contributed by atoms with van der Waals surface area (Å²) in [6.45, 7) is 4.07. The molecule has 2 heterocycles. The molecule has 5 heteroatoms. The Balaban J connectivity index is 1.37. The van der Waals surface area contributed by atoms with E-state index in [1.165, 1.54) is 25.9 Å². The molecule has 0 radical (unpaired) electrons. The largest absolute Gasteiger partial charge is 0.457 e. The Morgan fingerprint density at radius 1 is 0.923 bits per heavy atom. The smallest absolute Gasteiger partial charge is 0.253 e. The van der Waals surface area contributed by atoms with E-state index in [1.807, 2.05) is 41.3 Å². The average Bonchev–Trinajstić information content (AvgIpc) is 3.35. The molecule has 2 aliphatic heterocycles. The fourth-order valence-corrected chi connectivity index (χ4v) is 3.94. The van der Waals surface area contributed by atoms with Crippen LogP contribution in [0.3, 0.4) is 0 Å². The summed E-state index contributed by atoms with van der Waals surface area (Å²) in [5.74, 6) is 1.55. The number of hydrogen-bond acceptors (Lipinski definition) is 3. The van der Waals surface area contributed by atoms with Gasteiger partial charge in [0.05, 0.1) is 0 Å². The van der Waals surface area contributed by atoms with Crippen molar-refractivity contribution in [2.75, 3.05) is 26.2 Å².